The van der Waals surface area contributed by atoms with Crippen LogP contribution in [0.3, 0.4) is 0 Å². The Hall–Kier alpha value is -2.82. The zero-order chi connectivity index (χ0) is 18.8. The maximum atomic E-state index is 9.11. The minimum Gasteiger partial charge on any atom is -0.462 e. The number of piperidine rings is 2. The van der Waals surface area contributed by atoms with Crippen LogP contribution in [0.25, 0.3) is 0 Å². The van der Waals surface area contributed by atoms with Crippen molar-refractivity contribution in [3.05, 3.63) is 70.3 Å². The molecule has 4 aliphatic rings. The standard InChI is InChI=1S/C23H23N3O/c1-16-10-20(21(14-24)15-25)13-22(27-16)7-6-17-11-18-4-2-8-26-9-3-5-19(12-17)23(18)26/h6-7,10-13,18,23H,2-5,8-9H2,1H3/b7-6+. The first kappa shape index (κ1) is 17.6. The van der Waals surface area contributed by atoms with Crippen molar-refractivity contribution in [2.24, 2.45) is 5.92 Å². The maximum absolute atomic E-state index is 9.11. The van der Waals surface area contributed by atoms with Gasteiger partial charge in [0.2, 0.25) is 0 Å². The summed E-state index contributed by atoms with van der Waals surface area (Å²) in [5, 5.41) is 18.2. The molecule has 4 heteroatoms. The zero-order valence-corrected chi connectivity index (χ0v) is 15.6. The second-order valence-electron chi connectivity index (χ2n) is 7.57. The molecule has 0 aromatic heterocycles. The van der Waals surface area contributed by atoms with Crippen molar-refractivity contribution in [2.45, 2.75) is 38.6 Å². The average molecular weight is 357 g/mol. The topological polar surface area (TPSA) is 60.0 Å². The summed E-state index contributed by atoms with van der Waals surface area (Å²) < 4.78 is 5.76. The van der Waals surface area contributed by atoms with Gasteiger partial charge in [0, 0.05) is 11.6 Å². The second kappa shape index (κ2) is 7.43. The summed E-state index contributed by atoms with van der Waals surface area (Å²) in [6, 6.07) is 4.51. The van der Waals surface area contributed by atoms with Crippen molar-refractivity contribution < 1.29 is 4.74 Å². The third kappa shape index (κ3) is 3.54. The number of allylic oxidation sites excluding steroid dienone is 9. The summed E-state index contributed by atoms with van der Waals surface area (Å²) in [4.78, 5) is 2.66. The molecule has 4 rings (SSSR count). The molecule has 2 saturated heterocycles. The van der Waals surface area contributed by atoms with E-state index >= 15 is 0 Å². The smallest absolute Gasteiger partial charge is 0.137 e. The van der Waals surface area contributed by atoms with Crippen LogP contribution in [0, 0.1) is 28.6 Å². The number of hydrogen-bond donors (Lipinski definition) is 0. The summed E-state index contributed by atoms with van der Waals surface area (Å²) in [5.41, 5.74) is 3.52. The van der Waals surface area contributed by atoms with Crippen molar-refractivity contribution >= 4 is 0 Å². The highest BCUT2D eigenvalue weighted by molar-refractivity contribution is 5.53. The van der Waals surface area contributed by atoms with E-state index in [1.54, 1.807) is 17.7 Å². The lowest BCUT2D eigenvalue weighted by molar-refractivity contribution is 0.114. The molecule has 3 aliphatic heterocycles. The quantitative estimate of drug-likeness (QED) is 0.685. The molecule has 0 aromatic rings. The molecule has 1 aliphatic carbocycles. The number of ether oxygens (including phenoxy) is 1. The van der Waals surface area contributed by atoms with Crippen LogP contribution >= 0.6 is 0 Å². The van der Waals surface area contributed by atoms with E-state index in [9.17, 15) is 0 Å². The predicted molar refractivity (Wildman–Crippen MR) is 104 cm³/mol. The first-order valence-corrected chi connectivity index (χ1v) is 9.64. The molecule has 0 radical (unpaired) electrons. The Morgan fingerprint density at radius 3 is 2.78 bits per heavy atom. The normalized spacial score (nSPS) is 27.3. The van der Waals surface area contributed by atoms with Gasteiger partial charge in [0.1, 0.15) is 29.2 Å². The lowest BCUT2D eigenvalue weighted by Gasteiger charge is -2.46. The zero-order valence-electron chi connectivity index (χ0n) is 15.6. The van der Waals surface area contributed by atoms with E-state index in [4.69, 9.17) is 15.3 Å². The van der Waals surface area contributed by atoms with Gasteiger partial charge in [-0.05, 0) is 75.4 Å². The molecule has 0 aromatic carbocycles. The largest absolute Gasteiger partial charge is 0.462 e. The van der Waals surface area contributed by atoms with Crippen LogP contribution in [0.2, 0.25) is 0 Å². The van der Waals surface area contributed by atoms with E-state index in [1.165, 1.54) is 44.3 Å². The van der Waals surface area contributed by atoms with Gasteiger partial charge < -0.3 is 4.74 Å². The van der Waals surface area contributed by atoms with Crippen LogP contribution in [-0.2, 0) is 4.74 Å². The van der Waals surface area contributed by atoms with Gasteiger partial charge >= 0.3 is 0 Å². The molecule has 2 atom stereocenters. The molecule has 0 bridgehead atoms. The summed E-state index contributed by atoms with van der Waals surface area (Å²) >= 11 is 0. The Kier molecular flexibility index (Phi) is 4.84. The highest BCUT2D eigenvalue weighted by atomic mass is 16.5. The van der Waals surface area contributed by atoms with E-state index in [0.29, 0.717) is 29.1 Å². The van der Waals surface area contributed by atoms with Crippen LogP contribution in [0.5, 0.6) is 0 Å². The molecular weight excluding hydrogens is 334 g/mol. The van der Waals surface area contributed by atoms with Gasteiger partial charge in [-0.1, -0.05) is 23.8 Å². The molecule has 27 heavy (non-hydrogen) atoms. The van der Waals surface area contributed by atoms with Gasteiger partial charge in [0.15, 0.2) is 0 Å². The number of nitriles is 2. The summed E-state index contributed by atoms with van der Waals surface area (Å²) in [6.07, 6.45) is 17.3. The van der Waals surface area contributed by atoms with E-state index < -0.39 is 0 Å². The molecule has 0 spiro atoms. The maximum Gasteiger partial charge on any atom is 0.137 e. The fourth-order valence-electron chi connectivity index (χ4n) is 4.66. The number of nitrogens with zero attached hydrogens (tertiary/aromatic N) is 3. The van der Waals surface area contributed by atoms with Crippen molar-refractivity contribution in [1.82, 2.24) is 4.90 Å². The van der Waals surface area contributed by atoms with Gasteiger partial charge in [-0.15, -0.1) is 0 Å². The Morgan fingerprint density at radius 1 is 1.15 bits per heavy atom. The van der Waals surface area contributed by atoms with Crippen molar-refractivity contribution in [1.29, 1.82) is 10.5 Å². The Labute approximate surface area is 160 Å². The average Bonchev–Trinajstić information content (AvgIpc) is 2.67. The number of rotatable bonds is 2. The van der Waals surface area contributed by atoms with Crippen LogP contribution in [-0.4, -0.2) is 24.0 Å². The highest BCUT2D eigenvalue weighted by Crippen LogP contribution is 2.39. The monoisotopic (exact) mass is 357 g/mol. The minimum atomic E-state index is 0.106. The van der Waals surface area contributed by atoms with Gasteiger partial charge in [-0.3, -0.25) is 4.90 Å². The van der Waals surface area contributed by atoms with Crippen molar-refractivity contribution in [2.75, 3.05) is 13.1 Å². The fraction of sp³-hybridized carbons (Fsp3) is 0.391. The minimum absolute atomic E-state index is 0.106. The van der Waals surface area contributed by atoms with Crippen LogP contribution in [0.1, 0.15) is 32.6 Å². The molecular formula is C23H23N3O. The van der Waals surface area contributed by atoms with Gasteiger partial charge in [0.05, 0.1) is 0 Å². The Balaban J connectivity index is 1.58. The van der Waals surface area contributed by atoms with Crippen LogP contribution in [0.4, 0.5) is 0 Å². The molecule has 2 fully saturated rings. The van der Waals surface area contributed by atoms with E-state index in [1.807, 2.05) is 25.1 Å². The lowest BCUT2D eigenvalue weighted by Crippen LogP contribution is -2.49. The summed E-state index contributed by atoms with van der Waals surface area (Å²) in [6.45, 7) is 4.30. The SMILES string of the molecule is CC1=CC(=C(C#N)C#N)C=C(/C=C/C2=CC3CCCN4CCCC(=C2)C34)O1. The fourth-order valence-corrected chi connectivity index (χ4v) is 4.66. The molecule has 0 N–H and O–H groups in total. The van der Waals surface area contributed by atoms with Gasteiger partial charge in [0.25, 0.3) is 0 Å². The van der Waals surface area contributed by atoms with Crippen molar-refractivity contribution in [3.8, 4) is 12.1 Å². The Morgan fingerprint density at radius 2 is 1.96 bits per heavy atom. The second-order valence-corrected chi connectivity index (χ2v) is 7.57. The molecule has 136 valence electrons. The number of hydrogen-bond acceptors (Lipinski definition) is 4. The molecule has 0 saturated carbocycles. The van der Waals surface area contributed by atoms with Crippen LogP contribution < -0.4 is 0 Å². The molecule has 4 nitrogen and oxygen atoms in total. The van der Waals surface area contributed by atoms with E-state index in [2.05, 4.69) is 23.1 Å². The highest BCUT2D eigenvalue weighted by Gasteiger charge is 2.36. The lowest BCUT2D eigenvalue weighted by atomic mass is 9.76. The predicted octanol–water partition coefficient (Wildman–Crippen LogP) is 4.45. The summed E-state index contributed by atoms with van der Waals surface area (Å²) in [7, 11) is 0. The Bertz CT molecular complexity index is 896. The van der Waals surface area contributed by atoms with E-state index in [-0.39, 0.29) is 5.57 Å². The third-order valence-electron chi connectivity index (χ3n) is 5.72. The summed E-state index contributed by atoms with van der Waals surface area (Å²) in [5.74, 6) is 1.95. The first-order chi connectivity index (χ1) is 13.2. The van der Waals surface area contributed by atoms with E-state index in [0.717, 1.165) is 0 Å². The van der Waals surface area contributed by atoms with Crippen molar-refractivity contribution in [3.63, 3.8) is 0 Å². The molecule has 0 amide bonds. The first-order valence-electron chi connectivity index (χ1n) is 9.64. The third-order valence-corrected chi connectivity index (χ3v) is 5.72. The molecule has 3 heterocycles. The van der Waals surface area contributed by atoms with Crippen LogP contribution in [0.15, 0.2) is 70.3 Å². The van der Waals surface area contributed by atoms with Gasteiger partial charge in [-0.25, -0.2) is 0 Å². The van der Waals surface area contributed by atoms with Gasteiger partial charge in [-0.2, -0.15) is 10.5 Å². The molecule has 2 unspecified atom stereocenters.